The molecule has 0 spiro atoms. The molecule has 0 radical (unpaired) electrons. The third kappa shape index (κ3) is 7.05. The van der Waals surface area contributed by atoms with Crippen molar-refractivity contribution in [1.29, 1.82) is 0 Å². The molecule has 0 aliphatic carbocycles. The Morgan fingerprint density at radius 3 is 2.39 bits per heavy atom. The molecule has 3 amide bonds. The number of nitrogens with one attached hydrogen (secondary N) is 4. The molecular formula is C29H31ClN6O6S2. The van der Waals surface area contributed by atoms with Crippen LogP contribution in [0.25, 0.3) is 16.5 Å². The molecule has 1 aliphatic heterocycles. The summed E-state index contributed by atoms with van der Waals surface area (Å²) in [5.41, 5.74) is 1.48. The molecule has 0 unspecified atom stereocenters. The minimum absolute atomic E-state index is 0.0797. The van der Waals surface area contributed by atoms with Gasteiger partial charge in [-0.3, -0.25) is 19.1 Å². The zero-order valence-electron chi connectivity index (χ0n) is 24.0. The second-order valence-corrected chi connectivity index (χ2v) is 13.6. The minimum Gasteiger partial charge on any atom is -0.388 e. The second kappa shape index (κ2) is 13.4. The van der Waals surface area contributed by atoms with Gasteiger partial charge in [-0.2, -0.15) is 0 Å². The number of carbonyl (C=O) groups excluding carboxylic acids is 2. The smallest absolute Gasteiger partial charge is 0.333 e. The predicted octanol–water partition coefficient (Wildman–Crippen LogP) is 3.63. The van der Waals surface area contributed by atoms with Gasteiger partial charge < -0.3 is 20.7 Å². The van der Waals surface area contributed by atoms with Gasteiger partial charge in [0.2, 0.25) is 0 Å². The number of carbonyl (C=O) groups is 2. The number of thiophene rings is 1. The van der Waals surface area contributed by atoms with Crippen molar-refractivity contribution in [2.45, 2.75) is 11.1 Å². The van der Waals surface area contributed by atoms with Gasteiger partial charge in [0.1, 0.15) is 4.21 Å². The third-order valence-electron chi connectivity index (χ3n) is 7.10. The van der Waals surface area contributed by atoms with Crippen molar-refractivity contribution in [3.05, 3.63) is 80.5 Å². The molecule has 15 heteroatoms. The Balaban J connectivity index is 1.36. The van der Waals surface area contributed by atoms with E-state index in [-0.39, 0.29) is 21.4 Å². The van der Waals surface area contributed by atoms with Crippen LogP contribution in [0.4, 0.5) is 16.2 Å². The van der Waals surface area contributed by atoms with Gasteiger partial charge >= 0.3 is 6.03 Å². The topological polar surface area (TPSA) is 151 Å². The number of fused-ring (bicyclic) bond motifs is 1. The molecule has 3 heterocycles. The Hall–Kier alpha value is -3.95. The fourth-order valence-electron chi connectivity index (χ4n) is 4.72. The van der Waals surface area contributed by atoms with Gasteiger partial charge in [0.05, 0.1) is 23.8 Å². The van der Waals surface area contributed by atoms with Crippen molar-refractivity contribution in [2.75, 3.05) is 57.1 Å². The number of urea groups is 1. The summed E-state index contributed by atoms with van der Waals surface area (Å²) in [5.74, 6) is -0.316. The highest BCUT2D eigenvalue weighted by Crippen LogP contribution is 2.29. The highest BCUT2D eigenvalue weighted by atomic mass is 35.5. The molecule has 1 fully saturated rings. The molecule has 2 aromatic heterocycles. The molecular weight excluding hydrogens is 628 g/mol. The van der Waals surface area contributed by atoms with Gasteiger partial charge in [0.25, 0.3) is 21.5 Å². The Labute approximate surface area is 263 Å². The number of anilines is 2. The molecule has 1 aliphatic rings. The van der Waals surface area contributed by atoms with Crippen LogP contribution in [0.2, 0.25) is 5.02 Å². The quantitative estimate of drug-likeness (QED) is 0.213. The molecule has 4 aromatic rings. The molecule has 232 valence electrons. The standard InChI is InChI=1S/C29H31ClN6O6S2/c1-18-25(30)16-26(43-18)44(40,41)34-29(39)33-19-3-6-21(7-4-19)36-17-24(23-15-20(31-2)5-8-22(23)28(36)38)27(37)32-9-10-35-11-13-42-14-12-35/h3-8,15-17,31H,9-14H2,1-2H3,(H,32,37)(H2,33,34,39). The van der Waals surface area contributed by atoms with E-state index in [4.69, 9.17) is 16.3 Å². The summed E-state index contributed by atoms with van der Waals surface area (Å²) >= 11 is 6.92. The number of halogens is 1. The van der Waals surface area contributed by atoms with Crippen LogP contribution in [0.5, 0.6) is 0 Å². The number of amides is 3. The lowest BCUT2D eigenvalue weighted by atomic mass is 10.1. The molecule has 0 atom stereocenters. The van der Waals surface area contributed by atoms with E-state index in [0.29, 0.717) is 58.2 Å². The van der Waals surface area contributed by atoms with Crippen LogP contribution in [0.3, 0.4) is 0 Å². The summed E-state index contributed by atoms with van der Waals surface area (Å²) in [6.07, 6.45) is 1.50. The zero-order chi connectivity index (χ0) is 31.4. The molecule has 5 rings (SSSR count). The fourth-order valence-corrected chi connectivity index (χ4v) is 7.31. The maximum atomic E-state index is 13.5. The van der Waals surface area contributed by atoms with Crippen molar-refractivity contribution in [3.8, 4) is 5.69 Å². The summed E-state index contributed by atoms with van der Waals surface area (Å²) in [6.45, 7) is 5.73. The monoisotopic (exact) mass is 658 g/mol. The largest absolute Gasteiger partial charge is 0.388 e. The number of morpholine rings is 1. The van der Waals surface area contributed by atoms with Crippen molar-refractivity contribution < 1.29 is 22.7 Å². The third-order valence-corrected chi connectivity index (χ3v) is 10.5. The molecule has 0 saturated carbocycles. The molecule has 12 nitrogen and oxygen atoms in total. The number of benzene rings is 2. The van der Waals surface area contributed by atoms with Crippen molar-refractivity contribution in [3.63, 3.8) is 0 Å². The normalized spacial score (nSPS) is 13.9. The Morgan fingerprint density at radius 1 is 1.02 bits per heavy atom. The predicted molar refractivity (Wildman–Crippen MR) is 172 cm³/mol. The highest BCUT2D eigenvalue weighted by Gasteiger charge is 2.22. The number of hydrogen-bond acceptors (Lipinski definition) is 9. The summed E-state index contributed by atoms with van der Waals surface area (Å²) in [7, 11) is -2.36. The molecule has 4 N–H and O–H groups in total. The van der Waals surface area contributed by atoms with Gasteiger partial charge in [0, 0.05) is 72.1 Å². The summed E-state index contributed by atoms with van der Waals surface area (Å²) in [6, 6.07) is 11.7. The summed E-state index contributed by atoms with van der Waals surface area (Å²) in [4.78, 5) is 42.2. The zero-order valence-corrected chi connectivity index (χ0v) is 26.4. The van der Waals surface area contributed by atoms with Crippen molar-refractivity contribution in [2.24, 2.45) is 0 Å². The first-order chi connectivity index (χ1) is 21.1. The molecule has 1 saturated heterocycles. The Kier molecular flexibility index (Phi) is 9.56. The van der Waals surface area contributed by atoms with E-state index in [0.717, 1.165) is 30.1 Å². The van der Waals surface area contributed by atoms with Crippen LogP contribution in [-0.2, 0) is 14.8 Å². The maximum Gasteiger partial charge on any atom is 0.333 e. The first kappa shape index (κ1) is 31.5. The molecule has 2 aromatic carbocycles. The lowest BCUT2D eigenvalue weighted by Crippen LogP contribution is -2.41. The van der Waals surface area contributed by atoms with Gasteiger partial charge in [-0.05, 0) is 55.5 Å². The molecule has 44 heavy (non-hydrogen) atoms. The van der Waals surface area contributed by atoms with Crippen LogP contribution >= 0.6 is 22.9 Å². The van der Waals surface area contributed by atoms with Gasteiger partial charge in [-0.25, -0.2) is 17.9 Å². The van der Waals surface area contributed by atoms with Crippen molar-refractivity contribution in [1.82, 2.24) is 19.5 Å². The van der Waals surface area contributed by atoms with E-state index >= 15 is 0 Å². The summed E-state index contributed by atoms with van der Waals surface area (Å²) < 4.78 is 33.7. The first-order valence-corrected chi connectivity index (χ1v) is 16.4. The van der Waals surface area contributed by atoms with Gasteiger partial charge in [-0.15, -0.1) is 11.3 Å². The average molecular weight is 659 g/mol. The van der Waals surface area contributed by atoms with Crippen LogP contribution in [-0.4, -0.2) is 76.3 Å². The molecule has 0 bridgehead atoms. The van der Waals surface area contributed by atoms with Gasteiger partial charge in [0.15, 0.2) is 0 Å². The average Bonchev–Trinajstić information content (AvgIpc) is 3.36. The number of sulfonamides is 1. The maximum absolute atomic E-state index is 13.5. The SMILES string of the molecule is CNc1ccc2c(=O)n(-c3ccc(NC(=O)NS(=O)(=O)c4cc(Cl)c(C)s4)cc3)cc(C(=O)NCCN3CCOCC3)c2c1. The van der Waals surface area contributed by atoms with E-state index in [1.54, 1.807) is 44.3 Å². The number of nitrogens with zero attached hydrogens (tertiary/aromatic N) is 2. The number of ether oxygens (including phenoxy) is 1. The van der Waals surface area contributed by atoms with Crippen LogP contribution < -0.4 is 26.2 Å². The lowest BCUT2D eigenvalue weighted by molar-refractivity contribution is 0.0383. The summed E-state index contributed by atoms with van der Waals surface area (Å²) in [5, 5.41) is 9.67. The number of pyridine rings is 1. The number of aryl methyl sites for hydroxylation is 1. The number of hydrogen-bond donors (Lipinski definition) is 4. The van der Waals surface area contributed by atoms with Crippen LogP contribution in [0.1, 0.15) is 15.2 Å². The highest BCUT2D eigenvalue weighted by molar-refractivity contribution is 7.92. The van der Waals surface area contributed by atoms with Crippen molar-refractivity contribution >= 4 is 67.0 Å². The number of rotatable bonds is 9. The lowest BCUT2D eigenvalue weighted by Gasteiger charge is -2.26. The number of aromatic nitrogens is 1. The van der Waals surface area contributed by atoms with E-state index in [1.165, 1.54) is 29.0 Å². The van der Waals surface area contributed by atoms with E-state index in [2.05, 4.69) is 20.9 Å². The fraction of sp³-hybridized carbons (Fsp3) is 0.276. The Bertz CT molecular complexity index is 1850. The van der Waals surface area contributed by atoms with E-state index in [1.807, 2.05) is 4.72 Å². The first-order valence-electron chi connectivity index (χ1n) is 13.7. The van der Waals surface area contributed by atoms with E-state index < -0.39 is 16.1 Å². The Morgan fingerprint density at radius 2 is 1.73 bits per heavy atom. The second-order valence-electron chi connectivity index (χ2n) is 10.0. The minimum atomic E-state index is -4.11. The van der Waals surface area contributed by atoms with Crippen LogP contribution in [0.15, 0.2) is 63.7 Å². The van der Waals surface area contributed by atoms with Crippen LogP contribution in [0, 0.1) is 6.92 Å². The van der Waals surface area contributed by atoms with Gasteiger partial charge in [-0.1, -0.05) is 11.6 Å². The van der Waals surface area contributed by atoms with E-state index in [9.17, 15) is 22.8 Å².